The number of hydrogen-bond acceptors (Lipinski definition) is 3. The molecule has 1 rings (SSSR count). The first kappa shape index (κ1) is 15.0. The van der Waals surface area contributed by atoms with Crippen molar-refractivity contribution in [1.29, 1.82) is 0 Å². The van der Waals surface area contributed by atoms with E-state index in [1.54, 1.807) is 12.1 Å². The van der Waals surface area contributed by atoms with Gasteiger partial charge in [0.2, 0.25) is 0 Å². The van der Waals surface area contributed by atoms with Crippen molar-refractivity contribution in [3.63, 3.8) is 0 Å². The third-order valence-electron chi connectivity index (χ3n) is 2.87. The Labute approximate surface area is 111 Å². The fourth-order valence-corrected chi connectivity index (χ4v) is 2.11. The molecule has 0 aliphatic heterocycles. The second kappa shape index (κ2) is 7.39. The summed E-state index contributed by atoms with van der Waals surface area (Å²) in [5.74, 6) is 1.02. The van der Waals surface area contributed by atoms with Crippen molar-refractivity contribution in [1.82, 2.24) is 10.2 Å². The van der Waals surface area contributed by atoms with Gasteiger partial charge in [0.15, 0.2) is 0 Å². The van der Waals surface area contributed by atoms with Crippen LogP contribution in [0, 0.1) is 5.92 Å². The molecule has 102 valence electrons. The number of phenolic OH excluding ortho intramolecular Hbond substituents is 1. The van der Waals surface area contributed by atoms with E-state index in [1.165, 1.54) is 12.0 Å². The van der Waals surface area contributed by atoms with Crippen LogP contribution < -0.4 is 5.32 Å². The van der Waals surface area contributed by atoms with Crippen LogP contribution in [0.5, 0.6) is 5.75 Å². The van der Waals surface area contributed by atoms with Gasteiger partial charge in [0.25, 0.3) is 0 Å². The van der Waals surface area contributed by atoms with Crippen LogP contribution in [0.15, 0.2) is 24.3 Å². The van der Waals surface area contributed by atoms with Crippen molar-refractivity contribution in [2.75, 3.05) is 20.6 Å². The molecule has 0 fully saturated rings. The molecule has 0 heterocycles. The summed E-state index contributed by atoms with van der Waals surface area (Å²) < 4.78 is 0. The van der Waals surface area contributed by atoms with Gasteiger partial charge in [-0.05, 0) is 44.1 Å². The molecule has 0 radical (unpaired) electrons. The molecular formula is C15H26N2O. The van der Waals surface area contributed by atoms with Crippen LogP contribution >= 0.6 is 0 Å². The molecule has 2 N–H and O–H groups in total. The van der Waals surface area contributed by atoms with Crippen molar-refractivity contribution >= 4 is 0 Å². The maximum absolute atomic E-state index is 9.24. The summed E-state index contributed by atoms with van der Waals surface area (Å²) in [5.41, 5.74) is 1.21. The van der Waals surface area contributed by atoms with Crippen LogP contribution in [-0.2, 0) is 6.54 Å². The number of nitrogens with zero attached hydrogens (tertiary/aromatic N) is 1. The normalized spacial score (nSPS) is 13.2. The monoisotopic (exact) mass is 250 g/mol. The SMILES string of the molecule is CC(C)CC(CN(C)C)NCc1ccc(O)cc1. The minimum atomic E-state index is 0.325. The van der Waals surface area contributed by atoms with E-state index in [4.69, 9.17) is 0 Å². The lowest BCUT2D eigenvalue weighted by Gasteiger charge is -2.24. The number of aromatic hydroxyl groups is 1. The number of benzene rings is 1. The molecule has 0 aromatic heterocycles. The first-order valence-electron chi connectivity index (χ1n) is 6.63. The number of rotatable bonds is 7. The van der Waals surface area contributed by atoms with Gasteiger partial charge < -0.3 is 15.3 Å². The molecule has 1 aromatic carbocycles. The van der Waals surface area contributed by atoms with E-state index in [9.17, 15) is 5.11 Å². The Balaban J connectivity index is 2.47. The summed E-state index contributed by atoms with van der Waals surface area (Å²) in [5, 5.41) is 12.8. The van der Waals surface area contributed by atoms with Crippen LogP contribution in [0.3, 0.4) is 0 Å². The van der Waals surface area contributed by atoms with Gasteiger partial charge in [-0.25, -0.2) is 0 Å². The summed E-state index contributed by atoms with van der Waals surface area (Å²) in [4.78, 5) is 2.22. The Kier molecular flexibility index (Phi) is 6.16. The van der Waals surface area contributed by atoms with Gasteiger partial charge in [-0.2, -0.15) is 0 Å². The molecule has 0 spiro atoms. The standard InChI is InChI=1S/C15H26N2O/c1-12(2)9-14(11-17(3)4)16-10-13-5-7-15(18)8-6-13/h5-8,12,14,16,18H,9-11H2,1-4H3. The summed E-state index contributed by atoms with van der Waals surface area (Å²) in [7, 11) is 4.21. The predicted octanol–water partition coefficient (Wildman–Crippen LogP) is 2.46. The Morgan fingerprint density at radius 2 is 1.78 bits per heavy atom. The second-order valence-corrected chi connectivity index (χ2v) is 5.64. The molecule has 0 amide bonds. The van der Waals surface area contributed by atoms with E-state index in [2.05, 4.69) is 38.2 Å². The lowest BCUT2D eigenvalue weighted by atomic mass is 10.0. The zero-order chi connectivity index (χ0) is 13.5. The lowest BCUT2D eigenvalue weighted by Crippen LogP contribution is -2.38. The number of phenols is 1. The van der Waals surface area contributed by atoms with E-state index in [-0.39, 0.29) is 0 Å². The topological polar surface area (TPSA) is 35.5 Å². The van der Waals surface area contributed by atoms with E-state index < -0.39 is 0 Å². The van der Waals surface area contributed by atoms with Crippen LogP contribution in [-0.4, -0.2) is 36.7 Å². The molecule has 18 heavy (non-hydrogen) atoms. The lowest BCUT2D eigenvalue weighted by molar-refractivity contribution is 0.305. The summed E-state index contributed by atoms with van der Waals surface area (Å²) in [6.45, 7) is 6.41. The van der Waals surface area contributed by atoms with Crippen LogP contribution in [0.1, 0.15) is 25.8 Å². The highest BCUT2D eigenvalue weighted by Crippen LogP contribution is 2.11. The molecule has 3 nitrogen and oxygen atoms in total. The fourth-order valence-electron chi connectivity index (χ4n) is 2.11. The largest absolute Gasteiger partial charge is 0.508 e. The Morgan fingerprint density at radius 3 is 2.28 bits per heavy atom. The highest BCUT2D eigenvalue weighted by Gasteiger charge is 2.11. The number of hydrogen-bond donors (Lipinski definition) is 2. The molecule has 0 saturated heterocycles. The first-order valence-corrected chi connectivity index (χ1v) is 6.63. The van der Waals surface area contributed by atoms with Gasteiger partial charge in [0, 0.05) is 19.1 Å². The minimum Gasteiger partial charge on any atom is -0.508 e. The summed E-state index contributed by atoms with van der Waals surface area (Å²) in [6, 6.07) is 7.91. The van der Waals surface area contributed by atoms with E-state index in [1.807, 2.05) is 12.1 Å². The van der Waals surface area contributed by atoms with Gasteiger partial charge in [-0.1, -0.05) is 26.0 Å². The van der Waals surface area contributed by atoms with Crippen molar-refractivity contribution in [3.05, 3.63) is 29.8 Å². The van der Waals surface area contributed by atoms with Crippen molar-refractivity contribution in [2.24, 2.45) is 5.92 Å². The quantitative estimate of drug-likeness (QED) is 0.780. The third kappa shape index (κ3) is 6.03. The Hall–Kier alpha value is -1.06. The molecule has 1 atom stereocenters. The molecule has 1 unspecified atom stereocenters. The molecule has 0 bridgehead atoms. The molecule has 0 aliphatic carbocycles. The van der Waals surface area contributed by atoms with Crippen LogP contribution in [0.2, 0.25) is 0 Å². The molecular weight excluding hydrogens is 224 g/mol. The van der Waals surface area contributed by atoms with E-state index in [0.717, 1.165) is 13.1 Å². The zero-order valence-electron chi connectivity index (χ0n) is 12.0. The second-order valence-electron chi connectivity index (χ2n) is 5.64. The minimum absolute atomic E-state index is 0.325. The summed E-state index contributed by atoms with van der Waals surface area (Å²) in [6.07, 6.45) is 1.18. The van der Waals surface area contributed by atoms with Crippen molar-refractivity contribution < 1.29 is 5.11 Å². The summed E-state index contributed by atoms with van der Waals surface area (Å²) >= 11 is 0. The first-order chi connectivity index (χ1) is 8.47. The maximum Gasteiger partial charge on any atom is 0.115 e. The van der Waals surface area contributed by atoms with E-state index >= 15 is 0 Å². The van der Waals surface area contributed by atoms with Crippen molar-refractivity contribution in [2.45, 2.75) is 32.9 Å². The zero-order valence-corrected chi connectivity index (χ0v) is 12.0. The van der Waals surface area contributed by atoms with Gasteiger partial charge in [-0.15, -0.1) is 0 Å². The molecule has 0 saturated carbocycles. The Morgan fingerprint density at radius 1 is 1.17 bits per heavy atom. The maximum atomic E-state index is 9.24. The van der Waals surface area contributed by atoms with Crippen molar-refractivity contribution in [3.8, 4) is 5.75 Å². The molecule has 3 heteroatoms. The number of likely N-dealkylation sites (N-methyl/N-ethyl adjacent to an activating group) is 1. The highest BCUT2D eigenvalue weighted by molar-refractivity contribution is 5.25. The van der Waals surface area contributed by atoms with Gasteiger partial charge in [0.05, 0.1) is 0 Å². The predicted molar refractivity (Wildman–Crippen MR) is 76.7 cm³/mol. The van der Waals surface area contributed by atoms with Gasteiger partial charge >= 0.3 is 0 Å². The smallest absolute Gasteiger partial charge is 0.115 e. The average molecular weight is 250 g/mol. The average Bonchev–Trinajstić information content (AvgIpc) is 2.26. The van der Waals surface area contributed by atoms with Gasteiger partial charge in [0.1, 0.15) is 5.75 Å². The Bertz CT molecular complexity index is 323. The third-order valence-corrected chi connectivity index (χ3v) is 2.87. The molecule has 0 aliphatic rings. The highest BCUT2D eigenvalue weighted by atomic mass is 16.3. The molecule has 1 aromatic rings. The fraction of sp³-hybridized carbons (Fsp3) is 0.600. The van der Waals surface area contributed by atoms with Crippen LogP contribution in [0.4, 0.5) is 0 Å². The van der Waals surface area contributed by atoms with Gasteiger partial charge in [-0.3, -0.25) is 0 Å². The number of nitrogens with one attached hydrogen (secondary N) is 1. The van der Waals surface area contributed by atoms with E-state index in [0.29, 0.717) is 17.7 Å². The van der Waals surface area contributed by atoms with Crippen LogP contribution in [0.25, 0.3) is 0 Å².